The fourth-order valence-electron chi connectivity index (χ4n) is 2.23. The maximum Gasteiger partial charge on any atom is 0.246 e. The molecule has 1 aromatic rings. The maximum absolute atomic E-state index is 11.6. The van der Waals surface area contributed by atoms with Gasteiger partial charge in [0.25, 0.3) is 0 Å². The van der Waals surface area contributed by atoms with Crippen LogP contribution in [0.15, 0.2) is 35.5 Å². The van der Waals surface area contributed by atoms with Gasteiger partial charge in [-0.1, -0.05) is 20.4 Å². The zero-order valence-electron chi connectivity index (χ0n) is 9.06. The Hall–Kier alpha value is -1.51. The zero-order valence-corrected chi connectivity index (χ0v) is 9.06. The average Bonchev–Trinajstić information content (AvgIpc) is 2.66. The van der Waals surface area contributed by atoms with Gasteiger partial charge in [-0.25, -0.2) is 0 Å². The summed E-state index contributed by atoms with van der Waals surface area (Å²) in [5.74, 6) is 0.817. The average molecular weight is 205 g/mol. The fraction of sp³-hybridized carbons (Fsp3) is 0.417. The molecule has 1 aromatic heterocycles. The number of nitrogens with zero attached hydrogens (tertiary/aromatic N) is 1. The number of likely N-dealkylation sites (tertiary alicyclic amines) is 1. The van der Waals surface area contributed by atoms with Crippen molar-refractivity contribution in [1.82, 2.24) is 4.90 Å². The predicted molar refractivity (Wildman–Crippen MR) is 57.1 cm³/mol. The predicted octanol–water partition coefficient (Wildman–Crippen LogP) is 2.38. The van der Waals surface area contributed by atoms with E-state index in [2.05, 4.69) is 20.4 Å². The molecule has 1 amide bonds. The number of hydrogen-bond acceptors (Lipinski definition) is 2. The quantitative estimate of drug-likeness (QED) is 0.694. The Bertz CT molecular complexity index is 378. The summed E-state index contributed by atoms with van der Waals surface area (Å²) in [6, 6.07) is 3.80. The van der Waals surface area contributed by atoms with E-state index in [0.29, 0.717) is 0 Å². The highest BCUT2D eigenvalue weighted by Crippen LogP contribution is 2.48. The molecule has 1 fully saturated rings. The number of carbonyl (C=O) groups is 1. The third kappa shape index (κ3) is 1.48. The van der Waals surface area contributed by atoms with Gasteiger partial charge in [0.2, 0.25) is 5.91 Å². The molecule has 0 radical (unpaired) electrons. The highest BCUT2D eigenvalue weighted by atomic mass is 16.3. The molecule has 1 saturated heterocycles. The SMILES string of the molecule is C=CC(=O)N1CC(C)(C)C1c1ccco1. The van der Waals surface area contributed by atoms with E-state index in [1.807, 2.05) is 12.1 Å². The smallest absolute Gasteiger partial charge is 0.246 e. The molecule has 3 heteroatoms. The zero-order chi connectivity index (χ0) is 11.1. The van der Waals surface area contributed by atoms with Crippen molar-refractivity contribution >= 4 is 5.91 Å². The number of hydrogen-bond donors (Lipinski definition) is 0. The van der Waals surface area contributed by atoms with Gasteiger partial charge in [-0.2, -0.15) is 0 Å². The third-order valence-electron chi connectivity index (χ3n) is 2.90. The summed E-state index contributed by atoms with van der Waals surface area (Å²) in [6.07, 6.45) is 2.99. The second-order valence-corrected chi connectivity index (χ2v) is 4.58. The number of furan rings is 1. The molecule has 2 heterocycles. The highest BCUT2D eigenvalue weighted by Gasteiger charge is 2.49. The van der Waals surface area contributed by atoms with Crippen LogP contribution in [0.4, 0.5) is 0 Å². The molecule has 0 aliphatic carbocycles. The van der Waals surface area contributed by atoms with Crippen molar-refractivity contribution in [2.75, 3.05) is 6.54 Å². The fourth-order valence-corrected chi connectivity index (χ4v) is 2.23. The Morgan fingerprint density at radius 1 is 1.73 bits per heavy atom. The van der Waals surface area contributed by atoms with Crippen LogP contribution in [-0.4, -0.2) is 17.4 Å². The first-order chi connectivity index (χ1) is 7.06. The molecule has 15 heavy (non-hydrogen) atoms. The van der Waals surface area contributed by atoms with E-state index in [9.17, 15) is 4.79 Å². The Morgan fingerprint density at radius 2 is 2.47 bits per heavy atom. The lowest BCUT2D eigenvalue weighted by Gasteiger charge is -2.52. The molecule has 2 rings (SSSR count). The summed E-state index contributed by atoms with van der Waals surface area (Å²) >= 11 is 0. The van der Waals surface area contributed by atoms with E-state index >= 15 is 0 Å². The van der Waals surface area contributed by atoms with Gasteiger partial charge < -0.3 is 9.32 Å². The summed E-state index contributed by atoms with van der Waals surface area (Å²) in [5.41, 5.74) is 0.0799. The minimum Gasteiger partial charge on any atom is -0.467 e. The minimum atomic E-state index is -0.0317. The first-order valence-electron chi connectivity index (χ1n) is 5.03. The van der Waals surface area contributed by atoms with E-state index in [0.717, 1.165) is 12.3 Å². The van der Waals surface area contributed by atoms with Crippen molar-refractivity contribution < 1.29 is 9.21 Å². The summed E-state index contributed by atoms with van der Waals surface area (Å²) in [5, 5.41) is 0. The number of amides is 1. The second kappa shape index (κ2) is 3.26. The standard InChI is InChI=1S/C12H15NO2/c1-4-10(14)13-8-12(2,3)11(13)9-6-5-7-15-9/h4-7,11H,1,8H2,2-3H3. The molecular formula is C12H15NO2. The monoisotopic (exact) mass is 205 g/mol. The normalized spacial score (nSPS) is 23.3. The highest BCUT2D eigenvalue weighted by molar-refractivity contribution is 5.88. The van der Waals surface area contributed by atoms with Crippen molar-refractivity contribution in [3.63, 3.8) is 0 Å². The van der Waals surface area contributed by atoms with Gasteiger partial charge in [0.05, 0.1) is 12.3 Å². The van der Waals surface area contributed by atoms with Crippen molar-refractivity contribution in [2.45, 2.75) is 19.9 Å². The van der Waals surface area contributed by atoms with Gasteiger partial charge in [-0.3, -0.25) is 4.79 Å². The van der Waals surface area contributed by atoms with Gasteiger partial charge in [-0.15, -0.1) is 0 Å². The van der Waals surface area contributed by atoms with Gasteiger partial charge in [0, 0.05) is 12.0 Å². The van der Waals surface area contributed by atoms with Crippen LogP contribution in [0.1, 0.15) is 25.6 Å². The summed E-state index contributed by atoms with van der Waals surface area (Å²) in [7, 11) is 0. The van der Waals surface area contributed by atoms with Gasteiger partial charge in [-0.05, 0) is 18.2 Å². The lowest BCUT2D eigenvalue weighted by molar-refractivity contribution is -0.148. The lowest BCUT2D eigenvalue weighted by atomic mass is 9.73. The third-order valence-corrected chi connectivity index (χ3v) is 2.90. The van der Waals surface area contributed by atoms with E-state index in [1.54, 1.807) is 11.2 Å². The number of carbonyl (C=O) groups excluding carboxylic acids is 1. The van der Waals surface area contributed by atoms with Gasteiger partial charge in [0.15, 0.2) is 0 Å². The summed E-state index contributed by atoms with van der Waals surface area (Å²) < 4.78 is 5.37. The maximum atomic E-state index is 11.6. The van der Waals surface area contributed by atoms with E-state index < -0.39 is 0 Å². The molecule has 1 aliphatic rings. The van der Waals surface area contributed by atoms with E-state index in [4.69, 9.17) is 4.42 Å². The molecule has 1 aliphatic heterocycles. The molecule has 80 valence electrons. The van der Waals surface area contributed by atoms with Crippen LogP contribution in [0, 0.1) is 5.41 Å². The number of rotatable bonds is 2. The molecule has 0 N–H and O–H groups in total. The Balaban J connectivity index is 2.26. The van der Waals surface area contributed by atoms with Crippen LogP contribution in [0.2, 0.25) is 0 Å². The van der Waals surface area contributed by atoms with Crippen LogP contribution >= 0.6 is 0 Å². The molecule has 0 aromatic carbocycles. The lowest BCUT2D eigenvalue weighted by Crippen LogP contribution is -2.57. The molecule has 3 nitrogen and oxygen atoms in total. The van der Waals surface area contributed by atoms with Gasteiger partial charge in [0.1, 0.15) is 5.76 Å². The molecule has 0 saturated carbocycles. The van der Waals surface area contributed by atoms with Crippen LogP contribution in [-0.2, 0) is 4.79 Å². The van der Waals surface area contributed by atoms with Crippen molar-refractivity contribution in [2.24, 2.45) is 5.41 Å². The van der Waals surface area contributed by atoms with Crippen LogP contribution in [0.25, 0.3) is 0 Å². The molecular weight excluding hydrogens is 190 g/mol. The molecule has 0 spiro atoms. The molecule has 1 unspecified atom stereocenters. The molecule has 1 atom stereocenters. The van der Waals surface area contributed by atoms with E-state index in [-0.39, 0.29) is 17.4 Å². The topological polar surface area (TPSA) is 33.5 Å². The second-order valence-electron chi connectivity index (χ2n) is 4.58. The summed E-state index contributed by atoms with van der Waals surface area (Å²) in [6.45, 7) is 8.52. The Labute approximate surface area is 89.4 Å². The first-order valence-corrected chi connectivity index (χ1v) is 5.03. The Morgan fingerprint density at radius 3 is 2.93 bits per heavy atom. The molecule has 0 bridgehead atoms. The van der Waals surface area contributed by atoms with Crippen molar-refractivity contribution in [1.29, 1.82) is 0 Å². The van der Waals surface area contributed by atoms with Crippen LogP contribution < -0.4 is 0 Å². The Kier molecular flexibility index (Phi) is 2.18. The first kappa shape index (κ1) is 10.0. The van der Waals surface area contributed by atoms with Crippen molar-refractivity contribution in [3.05, 3.63) is 36.8 Å². The van der Waals surface area contributed by atoms with Crippen molar-refractivity contribution in [3.8, 4) is 0 Å². The van der Waals surface area contributed by atoms with E-state index in [1.165, 1.54) is 6.08 Å². The van der Waals surface area contributed by atoms with Gasteiger partial charge >= 0.3 is 0 Å². The van der Waals surface area contributed by atoms with Crippen LogP contribution in [0.3, 0.4) is 0 Å². The van der Waals surface area contributed by atoms with Crippen LogP contribution in [0.5, 0.6) is 0 Å². The summed E-state index contributed by atoms with van der Waals surface area (Å²) in [4.78, 5) is 13.3. The largest absolute Gasteiger partial charge is 0.467 e. The minimum absolute atomic E-state index is 0.0317.